The molecule has 0 bridgehead atoms. The molecule has 0 aliphatic rings. The molecule has 0 aromatic carbocycles. The number of hydrogen-bond acceptors (Lipinski definition) is 0. The Bertz CT molecular complexity index is 197. The Morgan fingerprint density at radius 2 is 1.65 bits per heavy atom. The Morgan fingerprint density at radius 3 is 2.24 bits per heavy atom. The summed E-state index contributed by atoms with van der Waals surface area (Å²) < 4.78 is 1.71. The third kappa shape index (κ3) is 12.8. The molecular formula is C15H28Se2. The molecule has 0 aliphatic carbocycles. The molecule has 0 aromatic heterocycles. The van der Waals surface area contributed by atoms with Gasteiger partial charge in [-0.25, -0.2) is 0 Å². The summed E-state index contributed by atoms with van der Waals surface area (Å²) in [6.45, 7) is 8.44. The van der Waals surface area contributed by atoms with Crippen LogP contribution in [0.15, 0.2) is 22.1 Å². The molecule has 0 saturated carbocycles. The fourth-order valence-electron chi connectivity index (χ4n) is 1.43. The van der Waals surface area contributed by atoms with E-state index in [1.165, 1.54) is 49.2 Å². The van der Waals surface area contributed by atoms with Gasteiger partial charge in [-0.05, 0) is 0 Å². The summed E-state index contributed by atoms with van der Waals surface area (Å²) >= 11 is 1.50. The first kappa shape index (κ1) is 17.5. The van der Waals surface area contributed by atoms with Crippen LogP contribution in [-0.2, 0) is 0 Å². The van der Waals surface area contributed by atoms with Crippen LogP contribution in [-0.4, -0.2) is 29.9 Å². The fraction of sp³-hybridized carbons (Fsp3) is 0.733. The molecule has 0 saturated heterocycles. The molecule has 0 radical (unpaired) electrons. The van der Waals surface area contributed by atoms with Crippen molar-refractivity contribution in [1.29, 1.82) is 0 Å². The van der Waals surface area contributed by atoms with Crippen LogP contribution in [0.25, 0.3) is 0 Å². The first-order valence-electron chi connectivity index (χ1n) is 6.89. The molecule has 0 fully saturated rings. The Balaban J connectivity index is 3.70. The van der Waals surface area contributed by atoms with Crippen molar-refractivity contribution < 1.29 is 0 Å². The molecule has 0 atom stereocenters. The van der Waals surface area contributed by atoms with E-state index in [1.54, 1.807) is 4.47 Å². The molecular weight excluding hydrogens is 338 g/mol. The predicted octanol–water partition coefficient (Wildman–Crippen LogP) is 5.03. The second kappa shape index (κ2) is 14.6. The SMILES string of the molecule is C=CC/C(=C/[Se]CCCCC)[Se]CCCCC. The molecule has 0 unspecified atom stereocenters. The maximum absolute atomic E-state index is 3.88. The van der Waals surface area contributed by atoms with Gasteiger partial charge in [0.1, 0.15) is 0 Å². The van der Waals surface area contributed by atoms with Crippen molar-refractivity contribution in [2.75, 3.05) is 0 Å². The average Bonchev–Trinajstić information content (AvgIpc) is 2.34. The summed E-state index contributed by atoms with van der Waals surface area (Å²) in [7, 11) is 0. The summed E-state index contributed by atoms with van der Waals surface area (Å²) in [6.07, 6.45) is 11.6. The van der Waals surface area contributed by atoms with Gasteiger partial charge in [0.05, 0.1) is 0 Å². The van der Waals surface area contributed by atoms with Gasteiger partial charge in [0.25, 0.3) is 0 Å². The molecule has 0 rings (SSSR count). The molecule has 0 spiro atoms. The molecule has 0 aromatic rings. The molecule has 0 heterocycles. The first-order chi connectivity index (χ1) is 8.35. The fourth-order valence-corrected chi connectivity index (χ4v) is 6.45. The molecule has 0 N–H and O–H groups in total. The van der Waals surface area contributed by atoms with Gasteiger partial charge in [-0.2, -0.15) is 0 Å². The predicted molar refractivity (Wildman–Crippen MR) is 83.1 cm³/mol. The van der Waals surface area contributed by atoms with Crippen LogP contribution in [0.3, 0.4) is 0 Å². The summed E-state index contributed by atoms with van der Waals surface area (Å²) in [5, 5.41) is 2.87. The van der Waals surface area contributed by atoms with Gasteiger partial charge in [0.15, 0.2) is 0 Å². The molecule has 2 heteroatoms. The van der Waals surface area contributed by atoms with Crippen LogP contribution >= 0.6 is 0 Å². The van der Waals surface area contributed by atoms with E-state index in [4.69, 9.17) is 0 Å². The molecule has 17 heavy (non-hydrogen) atoms. The molecule has 0 amide bonds. The van der Waals surface area contributed by atoms with Gasteiger partial charge in [-0.1, -0.05) is 0 Å². The van der Waals surface area contributed by atoms with E-state index >= 15 is 0 Å². The van der Waals surface area contributed by atoms with Gasteiger partial charge in [-0.15, -0.1) is 0 Å². The minimum absolute atomic E-state index is 0.746. The standard InChI is InChI=1S/C15H28Se2/c1-4-7-9-12-16-14-15(11-6-3)17-13-10-8-5-2/h6,14H,3-5,7-13H2,1-2H3/b15-14-. The zero-order valence-corrected chi connectivity index (χ0v) is 15.0. The minimum atomic E-state index is 0.746. The average molecular weight is 366 g/mol. The molecule has 0 aliphatic heterocycles. The molecule has 100 valence electrons. The topological polar surface area (TPSA) is 0 Å². The number of hydrogen-bond donors (Lipinski definition) is 0. The maximum atomic E-state index is 3.88. The summed E-state index contributed by atoms with van der Waals surface area (Å²) in [6, 6.07) is 0. The van der Waals surface area contributed by atoms with Crippen molar-refractivity contribution >= 4 is 29.9 Å². The number of allylic oxidation sites excluding steroid dienone is 2. The van der Waals surface area contributed by atoms with E-state index in [1.807, 2.05) is 0 Å². The van der Waals surface area contributed by atoms with Crippen molar-refractivity contribution in [2.45, 2.75) is 69.4 Å². The second-order valence-electron chi connectivity index (χ2n) is 4.21. The zero-order chi connectivity index (χ0) is 12.8. The Hall–Kier alpha value is 0.519. The third-order valence-corrected chi connectivity index (χ3v) is 7.67. The number of unbranched alkanes of at least 4 members (excludes halogenated alkanes) is 4. The van der Waals surface area contributed by atoms with E-state index in [9.17, 15) is 0 Å². The van der Waals surface area contributed by atoms with Gasteiger partial charge in [0, 0.05) is 0 Å². The van der Waals surface area contributed by atoms with Crippen molar-refractivity contribution in [3.63, 3.8) is 0 Å². The van der Waals surface area contributed by atoms with Crippen LogP contribution in [0, 0.1) is 0 Å². The van der Waals surface area contributed by atoms with E-state index in [0.717, 1.165) is 36.3 Å². The first-order valence-corrected chi connectivity index (χ1v) is 11.2. The van der Waals surface area contributed by atoms with Crippen LogP contribution in [0.2, 0.25) is 10.6 Å². The van der Waals surface area contributed by atoms with Gasteiger partial charge >= 0.3 is 121 Å². The van der Waals surface area contributed by atoms with E-state index in [-0.39, 0.29) is 0 Å². The normalized spacial score (nSPS) is 11.8. The monoisotopic (exact) mass is 368 g/mol. The van der Waals surface area contributed by atoms with E-state index < -0.39 is 0 Å². The Morgan fingerprint density at radius 1 is 1.00 bits per heavy atom. The van der Waals surface area contributed by atoms with E-state index in [2.05, 4.69) is 31.5 Å². The van der Waals surface area contributed by atoms with Crippen LogP contribution in [0.4, 0.5) is 0 Å². The van der Waals surface area contributed by atoms with Gasteiger partial charge in [0.2, 0.25) is 0 Å². The van der Waals surface area contributed by atoms with E-state index in [0.29, 0.717) is 0 Å². The summed E-state index contributed by atoms with van der Waals surface area (Å²) in [5.41, 5.74) is 0. The van der Waals surface area contributed by atoms with Crippen molar-refractivity contribution in [3.05, 3.63) is 22.1 Å². The quantitative estimate of drug-likeness (QED) is 0.258. The zero-order valence-electron chi connectivity index (χ0n) is 11.5. The second-order valence-corrected chi connectivity index (χ2v) is 8.82. The Kier molecular flexibility index (Phi) is 15.0. The van der Waals surface area contributed by atoms with Crippen molar-refractivity contribution in [3.8, 4) is 0 Å². The van der Waals surface area contributed by atoms with Crippen LogP contribution in [0.1, 0.15) is 58.8 Å². The van der Waals surface area contributed by atoms with Crippen molar-refractivity contribution in [1.82, 2.24) is 0 Å². The number of rotatable bonds is 12. The third-order valence-electron chi connectivity index (χ3n) is 2.46. The van der Waals surface area contributed by atoms with Crippen LogP contribution in [0.5, 0.6) is 0 Å². The van der Waals surface area contributed by atoms with Gasteiger partial charge in [-0.3, -0.25) is 0 Å². The van der Waals surface area contributed by atoms with Crippen LogP contribution < -0.4 is 0 Å². The van der Waals surface area contributed by atoms with Gasteiger partial charge < -0.3 is 0 Å². The summed E-state index contributed by atoms with van der Waals surface area (Å²) in [4.78, 5) is 2.57. The summed E-state index contributed by atoms with van der Waals surface area (Å²) in [5.74, 6) is 0. The van der Waals surface area contributed by atoms with Crippen molar-refractivity contribution in [2.24, 2.45) is 0 Å². The Labute approximate surface area is 121 Å². The molecule has 0 nitrogen and oxygen atoms in total.